The fourth-order valence-corrected chi connectivity index (χ4v) is 2.66. The van der Waals surface area contributed by atoms with Gasteiger partial charge in [-0.2, -0.15) is 16.4 Å². The summed E-state index contributed by atoms with van der Waals surface area (Å²) in [6, 6.07) is 0. The molecule has 2 heterocycles. The third-order valence-electron chi connectivity index (χ3n) is 2.50. The Morgan fingerprint density at radius 3 is 2.79 bits per heavy atom. The minimum absolute atomic E-state index is 1.09. The average molecular weight is 206 g/mol. The molecule has 2 aromatic rings. The molecular formula is C11H14N2S. The fourth-order valence-electron chi connectivity index (χ4n) is 1.74. The lowest BCUT2D eigenvalue weighted by atomic mass is 10.1. The van der Waals surface area contributed by atoms with Gasteiger partial charge in [0.15, 0.2) is 0 Å². The molecule has 0 N–H and O–H groups in total. The van der Waals surface area contributed by atoms with Gasteiger partial charge in [-0.25, -0.2) is 0 Å². The second-order valence-corrected chi connectivity index (χ2v) is 4.21. The number of aryl methyl sites for hydroxylation is 3. The summed E-state index contributed by atoms with van der Waals surface area (Å²) in [6.07, 6.45) is 3.01. The van der Waals surface area contributed by atoms with Crippen LogP contribution in [0.5, 0.6) is 0 Å². The van der Waals surface area contributed by atoms with Gasteiger partial charge in [0.1, 0.15) is 0 Å². The van der Waals surface area contributed by atoms with Crippen LogP contribution in [0.15, 0.2) is 17.0 Å². The average Bonchev–Trinajstić information content (AvgIpc) is 2.73. The van der Waals surface area contributed by atoms with Crippen molar-refractivity contribution in [1.29, 1.82) is 0 Å². The van der Waals surface area contributed by atoms with E-state index < -0.39 is 0 Å². The molecule has 2 rings (SSSR count). The Bertz CT molecular complexity index is 420. The van der Waals surface area contributed by atoms with Gasteiger partial charge < -0.3 is 0 Å². The normalized spacial score (nSPS) is 10.8. The van der Waals surface area contributed by atoms with E-state index in [0.29, 0.717) is 0 Å². The molecule has 0 amide bonds. The van der Waals surface area contributed by atoms with Crippen LogP contribution < -0.4 is 0 Å². The molecule has 14 heavy (non-hydrogen) atoms. The van der Waals surface area contributed by atoms with Gasteiger partial charge in [-0.1, -0.05) is 6.92 Å². The smallest absolute Gasteiger partial charge is 0.0719 e. The minimum Gasteiger partial charge on any atom is -0.268 e. The summed E-state index contributed by atoms with van der Waals surface area (Å²) in [6.45, 7) is 4.30. The SMILES string of the molecule is CCc1cscc1-c1c(C)cnn1C. The van der Waals surface area contributed by atoms with Crippen molar-refractivity contribution in [2.45, 2.75) is 20.3 Å². The van der Waals surface area contributed by atoms with Gasteiger partial charge >= 0.3 is 0 Å². The topological polar surface area (TPSA) is 17.8 Å². The highest BCUT2D eigenvalue weighted by atomic mass is 32.1. The zero-order chi connectivity index (χ0) is 10.1. The summed E-state index contributed by atoms with van der Waals surface area (Å²) in [5.74, 6) is 0. The summed E-state index contributed by atoms with van der Waals surface area (Å²) >= 11 is 1.77. The number of rotatable bonds is 2. The first-order chi connectivity index (χ1) is 6.74. The van der Waals surface area contributed by atoms with Crippen molar-refractivity contribution in [1.82, 2.24) is 9.78 Å². The van der Waals surface area contributed by atoms with Crippen molar-refractivity contribution in [2.24, 2.45) is 7.05 Å². The Hall–Kier alpha value is -1.09. The lowest BCUT2D eigenvalue weighted by molar-refractivity contribution is 0.775. The van der Waals surface area contributed by atoms with Crippen LogP contribution in [0.1, 0.15) is 18.1 Å². The molecular weight excluding hydrogens is 192 g/mol. The Labute approximate surface area is 88.2 Å². The summed E-state index contributed by atoms with van der Waals surface area (Å²) in [5.41, 5.74) is 5.26. The number of nitrogens with zero attached hydrogens (tertiary/aromatic N) is 2. The first-order valence-corrected chi connectivity index (χ1v) is 5.72. The highest BCUT2D eigenvalue weighted by Gasteiger charge is 2.11. The van der Waals surface area contributed by atoms with Crippen LogP contribution in [0.25, 0.3) is 11.3 Å². The molecule has 3 heteroatoms. The van der Waals surface area contributed by atoms with Crippen molar-refractivity contribution in [3.8, 4) is 11.3 Å². The van der Waals surface area contributed by atoms with Crippen LogP contribution in [-0.4, -0.2) is 9.78 Å². The number of hydrogen-bond acceptors (Lipinski definition) is 2. The molecule has 0 radical (unpaired) electrons. The zero-order valence-corrected chi connectivity index (χ0v) is 9.56. The molecule has 0 bridgehead atoms. The Kier molecular flexibility index (Phi) is 2.42. The third-order valence-corrected chi connectivity index (χ3v) is 3.29. The molecule has 0 aromatic carbocycles. The Balaban J connectivity index is 2.59. The van der Waals surface area contributed by atoms with Gasteiger partial charge in [-0.3, -0.25) is 4.68 Å². The van der Waals surface area contributed by atoms with E-state index >= 15 is 0 Å². The van der Waals surface area contributed by atoms with Crippen LogP contribution >= 0.6 is 11.3 Å². The number of thiophene rings is 1. The van der Waals surface area contributed by atoms with Gasteiger partial charge in [0.2, 0.25) is 0 Å². The predicted octanol–water partition coefficient (Wildman–Crippen LogP) is 3.02. The highest BCUT2D eigenvalue weighted by molar-refractivity contribution is 7.08. The lowest BCUT2D eigenvalue weighted by Crippen LogP contribution is -1.95. The molecule has 0 saturated heterocycles. The largest absolute Gasteiger partial charge is 0.268 e. The van der Waals surface area contributed by atoms with Gasteiger partial charge in [-0.05, 0) is 29.9 Å². The molecule has 0 saturated carbocycles. The predicted molar refractivity (Wildman–Crippen MR) is 60.6 cm³/mol. The van der Waals surface area contributed by atoms with Crippen molar-refractivity contribution in [3.05, 3.63) is 28.1 Å². The number of aromatic nitrogens is 2. The van der Waals surface area contributed by atoms with E-state index in [4.69, 9.17) is 0 Å². The van der Waals surface area contributed by atoms with E-state index in [2.05, 4.69) is 29.7 Å². The van der Waals surface area contributed by atoms with Gasteiger partial charge in [0, 0.05) is 18.0 Å². The van der Waals surface area contributed by atoms with E-state index in [0.717, 1.165) is 6.42 Å². The van der Waals surface area contributed by atoms with Crippen molar-refractivity contribution < 1.29 is 0 Å². The maximum Gasteiger partial charge on any atom is 0.0719 e. The fraction of sp³-hybridized carbons (Fsp3) is 0.364. The van der Waals surface area contributed by atoms with E-state index in [-0.39, 0.29) is 0 Å². The zero-order valence-electron chi connectivity index (χ0n) is 8.74. The van der Waals surface area contributed by atoms with Crippen molar-refractivity contribution in [3.63, 3.8) is 0 Å². The molecule has 0 spiro atoms. The van der Waals surface area contributed by atoms with Crippen LogP contribution in [0.4, 0.5) is 0 Å². The Morgan fingerprint density at radius 1 is 1.43 bits per heavy atom. The van der Waals surface area contributed by atoms with E-state index in [1.54, 1.807) is 11.3 Å². The molecule has 0 aliphatic rings. The summed E-state index contributed by atoms with van der Waals surface area (Å²) < 4.78 is 1.95. The van der Waals surface area contributed by atoms with Crippen LogP contribution in [-0.2, 0) is 13.5 Å². The van der Waals surface area contributed by atoms with Gasteiger partial charge in [0.05, 0.1) is 11.9 Å². The molecule has 2 aromatic heterocycles. The second-order valence-electron chi connectivity index (χ2n) is 3.46. The molecule has 74 valence electrons. The maximum absolute atomic E-state index is 4.27. The standard InChI is InChI=1S/C11H14N2S/c1-4-9-6-14-7-10(9)11-8(2)5-12-13(11)3/h5-7H,4H2,1-3H3. The van der Waals surface area contributed by atoms with Crippen molar-refractivity contribution in [2.75, 3.05) is 0 Å². The summed E-state index contributed by atoms with van der Waals surface area (Å²) in [4.78, 5) is 0. The van der Waals surface area contributed by atoms with Gasteiger partial charge in [-0.15, -0.1) is 0 Å². The third kappa shape index (κ3) is 1.38. The lowest BCUT2D eigenvalue weighted by Gasteiger charge is -2.04. The first kappa shape index (κ1) is 9.46. The van der Waals surface area contributed by atoms with E-state index in [9.17, 15) is 0 Å². The molecule has 0 atom stereocenters. The number of hydrogen-bond donors (Lipinski definition) is 0. The van der Waals surface area contributed by atoms with Gasteiger partial charge in [0.25, 0.3) is 0 Å². The summed E-state index contributed by atoms with van der Waals surface area (Å²) in [5, 5.41) is 8.70. The molecule has 0 unspecified atom stereocenters. The van der Waals surface area contributed by atoms with E-state index in [1.165, 1.54) is 22.4 Å². The summed E-state index contributed by atoms with van der Waals surface area (Å²) in [7, 11) is 2.00. The molecule has 0 aliphatic heterocycles. The van der Waals surface area contributed by atoms with Crippen LogP contribution in [0, 0.1) is 6.92 Å². The van der Waals surface area contributed by atoms with Crippen molar-refractivity contribution >= 4 is 11.3 Å². The quantitative estimate of drug-likeness (QED) is 0.738. The Morgan fingerprint density at radius 2 is 2.21 bits per heavy atom. The maximum atomic E-state index is 4.27. The van der Waals surface area contributed by atoms with Crippen LogP contribution in [0.3, 0.4) is 0 Å². The first-order valence-electron chi connectivity index (χ1n) is 4.78. The second kappa shape index (κ2) is 3.58. The molecule has 0 fully saturated rings. The molecule has 2 nitrogen and oxygen atoms in total. The highest BCUT2D eigenvalue weighted by Crippen LogP contribution is 2.29. The molecule has 0 aliphatic carbocycles. The van der Waals surface area contributed by atoms with E-state index in [1.807, 2.05) is 17.9 Å². The monoisotopic (exact) mass is 206 g/mol. The van der Waals surface area contributed by atoms with Crippen LogP contribution in [0.2, 0.25) is 0 Å². The minimum atomic E-state index is 1.09.